The average Bonchev–Trinajstić information content (AvgIpc) is 2.52. The van der Waals surface area contributed by atoms with Crippen molar-refractivity contribution in [3.05, 3.63) is 35.9 Å². The molecule has 0 saturated carbocycles. The van der Waals surface area contributed by atoms with E-state index >= 15 is 0 Å². The summed E-state index contributed by atoms with van der Waals surface area (Å²) in [7, 11) is 2.05. The number of carbonyl (C=O) groups is 2. The van der Waals surface area contributed by atoms with E-state index in [1.54, 1.807) is 0 Å². The maximum Gasteiger partial charge on any atom is 0.293 e. The molecule has 0 N–H and O–H groups in total. The summed E-state index contributed by atoms with van der Waals surface area (Å²) in [6, 6.07) is 9.55. The van der Waals surface area contributed by atoms with Crippen molar-refractivity contribution < 1.29 is 14.3 Å². The van der Waals surface area contributed by atoms with Gasteiger partial charge in [-0.15, -0.1) is 0 Å². The van der Waals surface area contributed by atoms with E-state index in [1.807, 2.05) is 51.2 Å². The Labute approximate surface area is 121 Å². The Morgan fingerprint density at radius 2 is 1.70 bits per heavy atom. The summed E-state index contributed by atoms with van der Waals surface area (Å²) in [6.07, 6.45) is 1.52. The van der Waals surface area contributed by atoms with Crippen LogP contribution in [0.4, 0.5) is 0 Å². The zero-order valence-electron chi connectivity index (χ0n) is 12.7. The number of nitrogens with zero attached hydrogens (tertiary/aromatic N) is 1. The minimum Gasteiger partial charge on any atom is -0.463 e. The molecule has 0 aliphatic carbocycles. The molecule has 0 bridgehead atoms. The molecule has 1 heterocycles. The average molecular weight is 279 g/mol. The SMILES string of the molecule is CC.CN1CCC(=O)CC1.O=COCc1ccccc1. The maximum absolute atomic E-state index is 10.6. The Hall–Kier alpha value is -1.68. The van der Waals surface area contributed by atoms with Crippen molar-refractivity contribution in [1.29, 1.82) is 0 Å². The highest BCUT2D eigenvalue weighted by atomic mass is 16.5. The number of hydrogen-bond acceptors (Lipinski definition) is 4. The Morgan fingerprint density at radius 3 is 2.15 bits per heavy atom. The monoisotopic (exact) mass is 279 g/mol. The number of ether oxygens (including phenoxy) is 1. The van der Waals surface area contributed by atoms with E-state index in [4.69, 9.17) is 0 Å². The van der Waals surface area contributed by atoms with Crippen molar-refractivity contribution in [3.63, 3.8) is 0 Å². The van der Waals surface area contributed by atoms with E-state index in [0.29, 0.717) is 18.9 Å². The zero-order chi connectivity index (χ0) is 15.2. The molecule has 4 heteroatoms. The van der Waals surface area contributed by atoms with Crippen LogP contribution in [0.1, 0.15) is 32.3 Å². The topological polar surface area (TPSA) is 46.6 Å². The van der Waals surface area contributed by atoms with Crippen molar-refractivity contribution in [1.82, 2.24) is 4.90 Å². The quantitative estimate of drug-likeness (QED) is 0.798. The van der Waals surface area contributed by atoms with Gasteiger partial charge in [0.25, 0.3) is 6.47 Å². The molecule has 0 unspecified atom stereocenters. The molecule has 0 radical (unpaired) electrons. The fourth-order valence-electron chi connectivity index (χ4n) is 1.57. The number of likely N-dealkylation sites (tertiary alicyclic amines) is 1. The van der Waals surface area contributed by atoms with Gasteiger partial charge in [-0.25, -0.2) is 0 Å². The highest BCUT2D eigenvalue weighted by Gasteiger charge is 2.10. The zero-order valence-corrected chi connectivity index (χ0v) is 12.7. The molecule has 1 aliphatic rings. The number of ketones is 1. The van der Waals surface area contributed by atoms with Gasteiger partial charge >= 0.3 is 0 Å². The van der Waals surface area contributed by atoms with Crippen molar-refractivity contribution in [2.75, 3.05) is 20.1 Å². The summed E-state index contributed by atoms with van der Waals surface area (Å²) in [5.41, 5.74) is 1.01. The van der Waals surface area contributed by atoms with Crippen LogP contribution in [0.25, 0.3) is 0 Å². The van der Waals surface area contributed by atoms with Gasteiger partial charge in [-0.2, -0.15) is 0 Å². The molecule has 112 valence electrons. The number of piperidine rings is 1. The standard InChI is InChI=1S/C8H8O2.C6H11NO.C2H6/c9-7-10-6-8-4-2-1-3-5-8;1-7-4-2-6(8)3-5-7;1-2/h1-5,7H,6H2;2-5H2,1H3;1-2H3. The van der Waals surface area contributed by atoms with Crippen molar-refractivity contribution in [3.8, 4) is 0 Å². The van der Waals surface area contributed by atoms with Crippen LogP contribution >= 0.6 is 0 Å². The van der Waals surface area contributed by atoms with Crippen LogP contribution in [0.2, 0.25) is 0 Å². The molecule has 1 fully saturated rings. The van der Waals surface area contributed by atoms with Gasteiger partial charge < -0.3 is 9.64 Å². The minimum atomic E-state index is 0.365. The molecule has 0 spiro atoms. The lowest BCUT2D eigenvalue weighted by atomic mass is 10.1. The van der Waals surface area contributed by atoms with E-state index in [0.717, 1.165) is 31.5 Å². The predicted molar refractivity (Wildman–Crippen MR) is 80.4 cm³/mol. The Morgan fingerprint density at radius 1 is 1.15 bits per heavy atom. The number of Topliss-reactive ketones (excluding diaryl/α,β-unsaturated/α-hetero) is 1. The third-order valence-corrected chi connectivity index (χ3v) is 2.71. The number of rotatable bonds is 3. The Balaban J connectivity index is 0.000000327. The molecule has 4 nitrogen and oxygen atoms in total. The lowest BCUT2D eigenvalue weighted by Gasteiger charge is -2.19. The van der Waals surface area contributed by atoms with Gasteiger partial charge in [0, 0.05) is 25.9 Å². The third-order valence-electron chi connectivity index (χ3n) is 2.71. The summed E-state index contributed by atoms with van der Waals surface area (Å²) >= 11 is 0. The molecule has 0 amide bonds. The fourth-order valence-corrected chi connectivity index (χ4v) is 1.57. The number of carbonyl (C=O) groups excluding carboxylic acids is 2. The molecule has 1 saturated heterocycles. The normalized spacial score (nSPS) is 14.2. The van der Waals surface area contributed by atoms with Crippen LogP contribution in [0.5, 0.6) is 0 Å². The van der Waals surface area contributed by atoms with Gasteiger partial charge in [0.05, 0.1) is 0 Å². The molecular weight excluding hydrogens is 254 g/mol. The van der Waals surface area contributed by atoms with Crippen LogP contribution in [0.3, 0.4) is 0 Å². The first-order chi connectivity index (χ1) is 9.72. The first kappa shape index (κ1) is 18.3. The van der Waals surface area contributed by atoms with E-state index in [1.165, 1.54) is 0 Å². The van der Waals surface area contributed by atoms with Crippen molar-refractivity contribution in [2.45, 2.75) is 33.3 Å². The smallest absolute Gasteiger partial charge is 0.293 e. The van der Waals surface area contributed by atoms with Crippen LogP contribution in [0, 0.1) is 0 Å². The maximum atomic E-state index is 10.6. The summed E-state index contributed by atoms with van der Waals surface area (Å²) < 4.78 is 4.54. The van der Waals surface area contributed by atoms with Crippen LogP contribution in [-0.2, 0) is 20.9 Å². The molecular formula is C16H25NO3. The fraction of sp³-hybridized carbons (Fsp3) is 0.500. The minimum absolute atomic E-state index is 0.365. The van der Waals surface area contributed by atoms with Crippen LogP contribution < -0.4 is 0 Å². The van der Waals surface area contributed by atoms with E-state index in [9.17, 15) is 9.59 Å². The highest BCUT2D eigenvalue weighted by Crippen LogP contribution is 2.01. The molecule has 1 aliphatic heterocycles. The van der Waals surface area contributed by atoms with Gasteiger partial charge in [0.1, 0.15) is 12.4 Å². The third kappa shape index (κ3) is 9.28. The molecule has 0 aromatic heterocycles. The highest BCUT2D eigenvalue weighted by molar-refractivity contribution is 5.79. The van der Waals surface area contributed by atoms with E-state index in [2.05, 4.69) is 9.64 Å². The summed E-state index contributed by atoms with van der Waals surface area (Å²) in [5.74, 6) is 0.420. The summed E-state index contributed by atoms with van der Waals surface area (Å²) in [5, 5.41) is 0. The number of benzene rings is 1. The van der Waals surface area contributed by atoms with Crippen molar-refractivity contribution in [2.24, 2.45) is 0 Å². The van der Waals surface area contributed by atoms with Gasteiger partial charge in [-0.1, -0.05) is 44.2 Å². The van der Waals surface area contributed by atoms with Crippen LogP contribution in [-0.4, -0.2) is 37.3 Å². The lowest BCUT2D eigenvalue weighted by molar-refractivity contribution is -0.129. The van der Waals surface area contributed by atoms with Gasteiger partial charge in [0.15, 0.2) is 0 Å². The molecule has 20 heavy (non-hydrogen) atoms. The van der Waals surface area contributed by atoms with Gasteiger partial charge in [-0.05, 0) is 12.6 Å². The Kier molecular flexibility index (Phi) is 11.3. The summed E-state index contributed by atoms with van der Waals surface area (Å²) in [6.45, 7) is 6.73. The molecule has 2 rings (SSSR count). The summed E-state index contributed by atoms with van der Waals surface area (Å²) in [4.78, 5) is 22.5. The number of hydrogen-bond donors (Lipinski definition) is 0. The van der Waals surface area contributed by atoms with Gasteiger partial charge in [-0.3, -0.25) is 9.59 Å². The molecule has 1 aromatic carbocycles. The molecule has 0 atom stereocenters. The lowest BCUT2D eigenvalue weighted by Crippen LogP contribution is -2.29. The first-order valence-electron chi connectivity index (χ1n) is 7.02. The van der Waals surface area contributed by atoms with Gasteiger partial charge in [0.2, 0.25) is 0 Å². The molecule has 1 aromatic rings. The van der Waals surface area contributed by atoms with E-state index < -0.39 is 0 Å². The van der Waals surface area contributed by atoms with E-state index in [-0.39, 0.29) is 0 Å². The second-order valence-electron chi connectivity index (χ2n) is 4.23. The predicted octanol–water partition coefficient (Wildman–Crippen LogP) is 2.67. The van der Waals surface area contributed by atoms with Crippen molar-refractivity contribution >= 4 is 12.3 Å². The first-order valence-corrected chi connectivity index (χ1v) is 7.02. The second kappa shape index (κ2) is 12.4. The van der Waals surface area contributed by atoms with Crippen LogP contribution in [0.15, 0.2) is 30.3 Å². The largest absolute Gasteiger partial charge is 0.463 e. The second-order valence-corrected chi connectivity index (χ2v) is 4.23. The Bertz CT molecular complexity index is 355.